The number of nitrogens with zero attached hydrogens (tertiary/aromatic N) is 3. The summed E-state index contributed by atoms with van der Waals surface area (Å²) in [7, 11) is 0. The molecule has 2 heterocycles. The number of carbonyl (C=O) groups is 1. The van der Waals surface area contributed by atoms with Gasteiger partial charge in [0, 0.05) is 18.3 Å². The van der Waals surface area contributed by atoms with E-state index in [1.54, 1.807) is 11.0 Å². The Hall–Kier alpha value is -2.40. The Kier molecular flexibility index (Phi) is 5.11. The van der Waals surface area contributed by atoms with Gasteiger partial charge < -0.3 is 9.42 Å². The fraction of sp³-hybridized carbons (Fsp3) is 0.368. The molecule has 0 saturated carbocycles. The first kappa shape index (κ1) is 16.5. The van der Waals surface area contributed by atoms with Gasteiger partial charge in [-0.05, 0) is 38.4 Å². The van der Waals surface area contributed by atoms with E-state index in [1.807, 2.05) is 43.3 Å². The van der Waals surface area contributed by atoms with Gasteiger partial charge in [0.25, 0.3) is 0 Å². The van der Waals surface area contributed by atoms with Gasteiger partial charge >= 0.3 is 0 Å². The first-order valence-electron chi connectivity index (χ1n) is 8.32. The van der Waals surface area contributed by atoms with Gasteiger partial charge in [-0.2, -0.15) is 0 Å². The van der Waals surface area contributed by atoms with Crippen molar-refractivity contribution in [3.8, 4) is 0 Å². The molecule has 0 radical (unpaired) electrons. The molecule has 0 N–H and O–H groups in total. The molecule has 1 aromatic heterocycles. The number of benzene rings is 1. The molecule has 5 heteroatoms. The van der Waals surface area contributed by atoms with E-state index in [2.05, 4.69) is 16.6 Å². The summed E-state index contributed by atoms with van der Waals surface area (Å²) in [6, 6.07) is 11.8. The third-order valence-electron chi connectivity index (χ3n) is 4.36. The summed E-state index contributed by atoms with van der Waals surface area (Å²) >= 11 is 0. The summed E-state index contributed by atoms with van der Waals surface area (Å²) in [5.41, 5.74) is 1.77. The zero-order chi connectivity index (χ0) is 16.9. The number of para-hydroxylation sites is 1. The Bertz CT molecular complexity index is 696. The molecule has 5 nitrogen and oxygen atoms in total. The van der Waals surface area contributed by atoms with Crippen LogP contribution in [-0.2, 0) is 4.79 Å². The molecule has 2 aromatic rings. The highest BCUT2D eigenvalue weighted by atomic mass is 16.5. The van der Waals surface area contributed by atoms with Crippen molar-refractivity contribution in [2.45, 2.75) is 25.8 Å². The number of rotatable bonds is 6. The average molecular weight is 325 g/mol. The van der Waals surface area contributed by atoms with E-state index < -0.39 is 0 Å². The van der Waals surface area contributed by atoms with Crippen molar-refractivity contribution >= 4 is 11.6 Å². The molecule has 0 bridgehead atoms. The summed E-state index contributed by atoms with van der Waals surface area (Å²) in [6.07, 6.45) is 3.81. The number of amides is 1. The van der Waals surface area contributed by atoms with E-state index in [1.165, 1.54) is 0 Å². The third-order valence-corrected chi connectivity index (χ3v) is 4.36. The number of hydrogen-bond donors (Lipinski definition) is 0. The van der Waals surface area contributed by atoms with Crippen molar-refractivity contribution in [1.82, 2.24) is 10.1 Å². The van der Waals surface area contributed by atoms with Crippen molar-refractivity contribution in [3.05, 3.63) is 60.5 Å². The molecule has 0 aliphatic carbocycles. The monoisotopic (exact) mass is 325 g/mol. The lowest BCUT2D eigenvalue weighted by Gasteiger charge is -2.27. The number of hydrogen-bond acceptors (Lipinski definition) is 4. The molecule has 1 amide bonds. The highest BCUT2D eigenvalue weighted by molar-refractivity contribution is 5.95. The zero-order valence-electron chi connectivity index (χ0n) is 14.0. The summed E-state index contributed by atoms with van der Waals surface area (Å²) in [4.78, 5) is 16.8. The fourth-order valence-corrected chi connectivity index (χ4v) is 3.23. The molecule has 1 aliphatic heterocycles. The van der Waals surface area contributed by atoms with E-state index in [-0.39, 0.29) is 11.9 Å². The van der Waals surface area contributed by atoms with E-state index in [9.17, 15) is 4.79 Å². The third kappa shape index (κ3) is 3.57. The summed E-state index contributed by atoms with van der Waals surface area (Å²) in [6.45, 7) is 7.46. The molecular formula is C19H23N3O2. The Labute approximate surface area is 142 Å². The number of aromatic nitrogens is 1. The van der Waals surface area contributed by atoms with Gasteiger partial charge in [0.05, 0.1) is 18.3 Å². The second kappa shape index (κ2) is 7.45. The zero-order valence-corrected chi connectivity index (χ0v) is 14.0. The number of likely N-dealkylation sites (tertiary alicyclic amines) is 1. The van der Waals surface area contributed by atoms with Gasteiger partial charge in [0.1, 0.15) is 0 Å². The van der Waals surface area contributed by atoms with E-state index >= 15 is 0 Å². The maximum Gasteiger partial charge on any atom is 0.241 e. The van der Waals surface area contributed by atoms with Crippen LogP contribution in [0.4, 0.5) is 5.69 Å². The molecule has 1 aromatic carbocycles. The quantitative estimate of drug-likeness (QED) is 0.764. The average Bonchev–Trinajstić information content (AvgIpc) is 3.22. The molecule has 24 heavy (non-hydrogen) atoms. The van der Waals surface area contributed by atoms with Crippen molar-refractivity contribution in [3.63, 3.8) is 0 Å². The van der Waals surface area contributed by atoms with Crippen LogP contribution in [0.3, 0.4) is 0 Å². The van der Waals surface area contributed by atoms with Crippen molar-refractivity contribution in [2.24, 2.45) is 0 Å². The van der Waals surface area contributed by atoms with Gasteiger partial charge in [-0.25, -0.2) is 0 Å². The van der Waals surface area contributed by atoms with Crippen LogP contribution in [0.15, 0.2) is 53.6 Å². The molecule has 0 unspecified atom stereocenters. The number of anilines is 1. The van der Waals surface area contributed by atoms with Crippen LogP contribution in [0.2, 0.25) is 0 Å². The Morgan fingerprint density at radius 2 is 2.25 bits per heavy atom. The topological polar surface area (TPSA) is 49.6 Å². The molecule has 0 spiro atoms. The molecule has 1 saturated heterocycles. The lowest BCUT2D eigenvalue weighted by molar-refractivity contribution is -0.119. The van der Waals surface area contributed by atoms with Crippen molar-refractivity contribution in [1.29, 1.82) is 0 Å². The standard InChI is InChI=1S/C19H23N3O2/c1-3-11-22(16-8-5-4-6-9-16)19(23)14-21-12-7-10-17(21)18-13-15(2)20-24-18/h3-6,8-9,13,17H,1,7,10-12,14H2,2H3/t17-/m1/s1. The van der Waals surface area contributed by atoms with Crippen LogP contribution in [0.5, 0.6) is 0 Å². The predicted molar refractivity (Wildman–Crippen MR) is 93.8 cm³/mol. The Balaban J connectivity index is 1.73. The predicted octanol–water partition coefficient (Wildman–Crippen LogP) is 3.34. The molecule has 1 aliphatic rings. The van der Waals surface area contributed by atoms with E-state index in [4.69, 9.17) is 4.52 Å². The molecule has 3 rings (SSSR count). The van der Waals surface area contributed by atoms with E-state index in [0.717, 1.165) is 36.5 Å². The Morgan fingerprint density at radius 1 is 1.46 bits per heavy atom. The van der Waals surface area contributed by atoms with Gasteiger partial charge in [0.15, 0.2) is 5.76 Å². The van der Waals surface area contributed by atoms with Crippen LogP contribution in [0.25, 0.3) is 0 Å². The lowest BCUT2D eigenvalue weighted by atomic mass is 10.1. The van der Waals surface area contributed by atoms with Crippen molar-refractivity contribution < 1.29 is 9.32 Å². The molecule has 126 valence electrons. The summed E-state index contributed by atoms with van der Waals surface area (Å²) in [5, 5.41) is 3.98. The summed E-state index contributed by atoms with van der Waals surface area (Å²) < 4.78 is 5.42. The minimum atomic E-state index is 0.0734. The molecule has 1 atom stereocenters. The second-order valence-corrected chi connectivity index (χ2v) is 6.13. The largest absolute Gasteiger partial charge is 0.359 e. The van der Waals surface area contributed by atoms with Crippen LogP contribution >= 0.6 is 0 Å². The normalized spacial score (nSPS) is 17.8. The first-order valence-corrected chi connectivity index (χ1v) is 8.32. The minimum Gasteiger partial charge on any atom is -0.359 e. The number of carbonyl (C=O) groups excluding carboxylic acids is 1. The lowest BCUT2D eigenvalue weighted by Crippen LogP contribution is -2.40. The molecule has 1 fully saturated rings. The van der Waals surface area contributed by atoms with Crippen molar-refractivity contribution in [2.75, 3.05) is 24.5 Å². The maximum absolute atomic E-state index is 12.9. The van der Waals surface area contributed by atoms with Crippen LogP contribution in [0, 0.1) is 6.92 Å². The first-order chi connectivity index (χ1) is 11.7. The van der Waals surface area contributed by atoms with Gasteiger partial charge in [0.2, 0.25) is 5.91 Å². The van der Waals surface area contributed by atoms with Gasteiger partial charge in [-0.3, -0.25) is 9.69 Å². The molecular weight excluding hydrogens is 302 g/mol. The SMILES string of the molecule is C=CCN(C(=O)CN1CCC[C@@H]1c1cc(C)no1)c1ccccc1. The van der Waals surface area contributed by atoms with Crippen LogP contribution in [0.1, 0.15) is 30.3 Å². The Morgan fingerprint density at radius 3 is 2.92 bits per heavy atom. The van der Waals surface area contributed by atoms with Gasteiger partial charge in [-0.15, -0.1) is 6.58 Å². The van der Waals surface area contributed by atoms with E-state index in [0.29, 0.717) is 13.1 Å². The summed E-state index contributed by atoms with van der Waals surface area (Å²) in [5.74, 6) is 0.928. The van der Waals surface area contributed by atoms with Gasteiger partial charge in [-0.1, -0.05) is 29.4 Å². The smallest absolute Gasteiger partial charge is 0.241 e. The maximum atomic E-state index is 12.9. The fourth-order valence-electron chi connectivity index (χ4n) is 3.23. The minimum absolute atomic E-state index is 0.0734. The second-order valence-electron chi connectivity index (χ2n) is 6.13. The number of aryl methyl sites for hydroxylation is 1. The highest BCUT2D eigenvalue weighted by Gasteiger charge is 2.31. The van der Waals surface area contributed by atoms with Crippen LogP contribution in [-0.4, -0.2) is 35.6 Å². The van der Waals surface area contributed by atoms with Crippen LogP contribution < -0.4 is 4.90 Å². The highest BCUT2D eigenvalue weighted by Crippen LogP contribution is 2.32.